The first-order valence-electron chi connectivity index (χ1n) is 12.0. The average Bonchev–Trinajstić information content (AvgIpc) is 2.82. The molecule has 0 N–H and O–H groups in total. The number of hydrogen-bond donors (Lipinski definition) is 0. The molecule has 158 valence electrons. The number of benzene rings is 2. The minimum Gasteiger partial charge on any atom is -0.497 e. The van der Waals surface area contributed by atoms with Crippen LogP contribution in [0.5, 0.6) is 5.75 Å². The minimum atomic E-state index is 0.634. The zero-order chi connectivity index (χ0) is 20.9. The van der Waals surface area contributed by atoms with Gasteiger partial charge in [0.25, 0.3) is 0 Å². The largest absolute Gasteiger partial charge is 0.497 e. The lowest BCUT2D eigenvalue weighted by atomic mass is 9.63. The molecule has 2 aromatic carbocycles. The smallest absolute Gasteiger partial charge is 0.118 e. The number of ether oxygens (including phenoxy) is 1. The van der Waals surface area contributed by atoms with Crippen molar-refractivity contribution in [2.24, 2.45) is 17.8 Å². The molecule has 2 saturated carbocycles. The summed E-state index contributed by atoms with van der Waals surface area (Å²) in [6.07, 6.45) is 18.6. The van der Waals surface area contributed by atoms with E-state index in [4.69, 9.17) is 11.2 Å². The Morgan fingerprint density at radius 2 is 1.67 bits per heavy atom. The van der Waals surface area contributed by atoms with Gasteiger partial charge in [0.2, 0.25) is 0 Å². The molecule has 1 heteroatoms. The van der Waals surface area contributed by atoms with Gasteiger partial charge < -0.3 is 4.74 Å². The maximum absolute atomic E-state index is 5.98. The first kappa shape index (κ1) is 21.0. The summed E-state index contributed by atoms with van der Waals surface area (Å²) >= 11 is 0. The lowest BCUT2D eigenvalue weighted by molar-refractivity contribution is 0.113. The van der Waals surface area contributed by atoms with Gasteiger partial charge in [-0.2, -0.15) is 0 Å². The second-order valence-electron chi connectivity index (χ2n) is 9.53. The Hall–Kier alpha value is -2.20. The minimum absolute atomic E-state index is 0.634. The third-order valence-corrected chi connectivity index (χ3v) is 7.76. The highest BCUT2D eigenvalue weighted by atomic mass is 16.5. The Morgan fingerprint density at radius 3 is 2.40 bits per heavy atom. The zero-order valence-electron chi connectivity index (χ0n) is 18.7. The highest BCUT2D eigenvalue weighted by molar-refractivity contribution is 5.67. The number of methoxy groups -OCH3 is 1. The standard InChI is InChI=1S/C29H36O/c1-4-6-7-21-8-9-26-20-27(11-10-24(26)18-21)29-17-14-25(19-22(29)5-2)23-12-15-28(30-3)16-13-23/h2,12-17,19,21,24,26-27H,4,6-11,18,20H2,1,3H3. The molecule has 1 nitrogen and oxygen atoms in total. The monoisotopic (exact) mass is 400 g/mol. The van der Waals surface area contributed by atoms with Crippen LogP contribution in [0.3, 0.4) is 0 Å². The lowest BCUT2D eigenvalue weighted by Gasteiger charge is -2.42. The molecule has 0 aliphatic heterocycles. The van der Waals surface area contributed by atoms with E-state index in [-0.39, 0.29) is 0 Å². The van der Waals surface area contributed by atoms with Crippen molar-refractivity contribution >= 4 is 0 Å². The summed E-state index contributed by atoms with van der Waals surface area (Å²) in [5.41, 5.74) is 4.87. The molecule has 4 atom stereocenters. The van der Waals surface area contributed by atoms with E-state index in [1.54, 1.807) is 7.11 Å². The van der Waals surface area contributed by atoms with Crippen LogP contribution in [0, 0.1) is 30.1 Å². The Bertz CT molecular complexity index is 872. The second-order valence-corrected chi connectivity index (χ2v) is 9.53. The van der Waals surface area contributed by atoms with Crippen LogP contribution >= 0.6 is 0 Å². The highest BCUT2D eigenvalue weighted by Gasteiger charge is 2.36. The highest BCUT2D eigenvalue weighted by Crippen LogP contribution is 2.49. The Kier molecular flexibility index (Phi) is 6.83. The number of unbranched alkanes of at least 4 members (excludes halogenated alkanes) is 1. The number of rotatable bonds is 6. The number of terminal acetylenes is 1. The van der Waals surface area contributed by atoms with Gasteiger partial charge in [-0.3, -0.25) is 0 Å². The van der Waals surface area contributed by atoms with Crippen LogP contribution in [-0.2, 0) is 0 Å². The molecular formula is C29H36O. The fourth-order valence-electron chi connectivity index (χ4n) is 6.02. The van der Waals surface area contributed by atoms with Gasteiger partial charge >= 0.3 is 0 Å². The molecule has 30 heavy (non-hydrogen) atoms. The predicted molar refractivity (Wildman–Crippen MR) is 127 cm³/mol. The number of hydrogen-bond acceptors (Lipinski definition) is 1. The van der Waals surface area contributed by atoms with Crippen LogP contribution in [-0.4, -0.2) is 7.11 Å². The van der Waals surface area contributed by atoms with Crippen molar-refractivity contribution in [2.75, 3.05) is 7.11 Å². The molecule has 4 unspecified atom stereocenters. The van der Waals surface area contributed by atoms with Crippen LogP contribution in [0.1, 0.15) is 81.8 Å². The molecule has 4 rings (SSSR count). The van der Waals surface area contributed by atoms with E-state index < -0.39 is 0 Å². The van der Waals surface area contributed by atoms with E-state index in [9.17, 15) is 0 Å². The van der Waals surface area contributed by atoms with Gasteiger partial charge in [0.1, 0.15) is 5.75 Å². The summed E-state index contributed by atoms with van der Waals surface area (Å²) in [6, 6.07) is 15.0. The van der Waals surface area contributed by atoms with E-state index in [1.165, 1.54) is 74.5 Å². The SMILES string of the molecule is C#Cc1cc(-c2ccc(OC)cc2)ccc1C1CCC2CC(CCCC)CCC2C1. The summed E-state index contributed by atoms with van der Waals surface area (Å²) in [6.45, 7) is 2.32. The van der Waals surface area contributed by atoms with Crippen molar-refractivity contribution in [3.05, 3.63) is 53.6 Å². The third kappa shape index (κ3) is 4.59. The maximum Gasteiger partial charge on any atom is 0.118 e. The number of fused-ring (bicyclic) bond motifs is 1. The molecule has 0 aromatic heterocycles. The average molecular weight is 401 g/mol. The first-order valence-corrected chi connectivity index (χ1v) is 12.0. The normalized spacial score (nSPS) is 25.9. The fraction of sp³-hybridized carbons (Fsp3) is 0.517. The van der Waals surface area contributed by atoms with E-state index >= 15 is 0 Å². The van der Waals surface area contributed by atoms with Gasteiger partial charge in [0.05, 0.1) is 7.11 Å². The van der Waals surface area contributed by atoms with Crippen molar-refractivity contribution in [3.8, 4) is 29.2 Å². The summed E-state index contributed by atoms with van der Waals surface area (Å²) in [7, 11) is 1.70. The van der Waals surface area contributed by atoms with Gasteiger partial charge in [-0.1, -0.05) is 62.8 Å². The van der Waals surface area contributed by atoms with E-state index in [2.05, 4.69) is 43.2 Å². The molecule has 0 saturated heterocycles. The Balaban J connectivity index is 1.46. The molecule has 2 aromatic rings. The van der Waals surface area contributed by atoms with Gasteiger partial charge in [-0.15, -0.1) is 6.42 Å². The molecule has 0 bridgehead atoms. The molecule has 2 aliphatic rings. The van der Waals surface area contributed by atoms with Gasteiger partial charge in [-0.25, -0.2) is 0 Å². The first-order chi connectivity index (χ1) is 14.7. The van der Waals surface area contributed by atoms with Crippen molar-refractivity contribution in [1.29, 1.82) is 0 Å². The van der Waals surface area contributed by atoms with Crippen LogP contribution < -0.4 is 4.74 Å². The molecule has 2 aliphatic carbocycles. The third-order valence-electron chi connectivity index (χ3n) is 7.76. The maximum atomic E-state index is 5.98. The van der Waals surface area contributed by atoms with Crippen molar-refractivity contribution in [3.63, 3.8) is 0 Å². The summed E-state index contributed by atoms with van der Waals surface area (Å²) in [4.78, 5) is 0. The van der Waals surface area contributed by atoms with Gasteiger partial charge in [0.15, 0.2) is 0 Å². The summed E-state index contributed by atoms with van der Waals surface area (Å²) in [5, 5.41) is 0. The predicted octanol–water partition coefficient (Wildman–Crippen LogP) is 7.83. The van der Waals surface area contributed by atoms with E-state index in [0.717, 1.165) is 29.1 Å². The zero-order valence-corrected chi connectivity index (χ0v) is 18.7. The van der Waals surface area contributed by atoms with Crippen molar-refractivity contribution in [2.45, 2.75) is 70.6 Å². The summed E-state index contributed by atoms with van der Waals surface area (Å²) < 4.78 is 5.29. The van der Waals surface area contributed by atoms with E-state index in [0.29, 0.717) is 5.92 Å². The van der Waals surface area contributed by atoms with Crippen LogP contribution in [0.15, 0.2) is 42.5 Å². The lowest BCUT2D eigenvalue weighted by Crippen LogP contribution is -2.30. The van der Waals surface area contributed by atoms with Crippen molar-refractivity contribution in [1.82, 2.24) is 0 Å². The quantitative estimate of drug-likeness (QED) is 0.449. The van der Waals surface area contributed by atoms with Crippen molar-refractivity contribution < 1.29 is 4.74 Å². The molecule has 0 amide bonds. The Labute approximate surface area is 183 Å². The van der Waals surface area contributed by atoms with Crippen LogP contribution in [0.4, 0.5) is 0 Å². The van der Waals surface area contributed by atoms with Crippen LogP contribution in [0.25, 0.3) is 11.1 Å². The summed E-state index contributed by atoms with van der Waals surface area (Å²) in [5.74, 6) is 7.39. The topological polar surface area (TPSA) is 9.23 Å². The molecule has 0 heterocycles. The van der Waals surface area contributed by atoms with E-state index in [1.807, 2.05) is 12.1 Å². The fourth-order valence-corrected chi connectivity index (χ4v) is 6.02. The second kappa shape index (κ2) is 9.74. The molecular weight excluding hydrogens is 364 g/mol. The Morgan fingerprint density at radius 1 is 0.933 bits per heavy atom. The van der Waals surface area contributed by atoms with Gasteiger partial charge in [0, 0.05) is 5.56 Å². The molecule has 0 spiro atoms. The molecule has 0 radical (unpaired) electrons. The van der Waals surface area contributed by atoms with Crippen LogP contribution in [0.2, 0.25) is 0 Å². The van der Waals surface area contributed by atoms with Gasteiger partial charge in [-0.05, 0) is 90.7 Å². The molecule has 2 fully saturated rings.